The van der Waals surface area contributed by atoms with Gasteiger partial charge >= 0.3 is 5.97 Å². The summed E-state index contributed by atoms with van der Waals surface area (Å²) in [4.78, 5) is 34.1. The monoisotopic (exact) mass is 347 g/mol. The first-order valence-electron chi connectivity index (χ1n) is 7.67. The van der Waals surface area contributed by atoms with Crippen molar-refractivity contribution in [3.63, 3.8) is 0 Å². The fourth-order valence-electron chi connectivity index (χ4n) is 3.06. The number of nitrogens with one attached hydrogen (secondary N) is 2. The van der Waals surface area contributed by atoms with Crippen molar-refractivity contribution in [2.75, 3.05) is 6.61 Å². The quantitative estimate of drug-likeness (QED) is 0.482. The van der Waals surface area contributed by atoms with Gasteiger partial charge in [-0.2, -0.15) is 0 Å². The molecule has 1 atom stereocenters. The second kappa shape index (κ2) is 6.44. The summed E-state index contributed by atoms with van der Waals surface area (Å²) in [5, 5.41) is 14.6. The lowest BCUT2D eigenvalue weighted by atomic mass is 9.83. The van der Waals surface area contributed by atoms with Crippen LogP contribution in [0.3, 0.4) is 0 Å². The van der Waals surface area contributed by atoms with Gasteiger partial charge in [-0.25, -0.2) is 4.79 Å². The van der Waals surface area contributed by atoms with Crippen LogP contribution in [0.1, 0.15) is 32.3 Å². The summed E-state index contributed by atoms with van der Waals surface area (Å²) in [6.07, 6.45) is 0. The molecule has 3 rings (SSSR count). The Balaban J connectivity index is 2.22. The third-order valence-corrected chi connectivity index (χ3v) is 4.03. The average Bonchev–Trinajstić information content (AvgIpc) is 3.02. The second-order valence-electron chi connectivity index (χ2n) is 5.55. The lowest BCUT2D eigenvalue weighted by Crippen LogP contribution is -2.31. The summed E-state index contributed by atoms with van der Waals surface area (Å²) in [7, 11) is 0. The van der Waals surface area contributed by atoms with Crippen LogP contribution in [0.25, 0.3) is 0 Å². The van der Waals surface area contributed by atoms with Crippen LogP contribution in [-0.4, -0.2) is 17.5 Å². The number of fused-ring (bicyclic) bond motifs is 1. The Kier molecular flexibility index (Phi) is 4.32. The molecule has 2 aliphatic heterocycles. The molecule has 0 radical (unpaired) electrons. The molecule has 2 heterocycles. The lowest BCUT2D eigenvalue weighted by Gasteiger charge is -2.26. The van der Waals surface area contributed by atoms with Crippen molar-refractivity contribution in [3.8, 4) is 11.5 Å². The minimum atomic E-state index is -0.950. The third-order valence-electron chi connectivity index (χ3n) is 4.03. The summed E-state index contributed by atoms with van der Waals surface area (Å²) in [5.41, 5.74) is 3.59. The number of dihydropyridines is 1. The van der Waals surface area contributed by atoms with Crippen LogP contribution in [0.15, 0.2) is 40.9 Å². The van der Waals surface area contributed by atoms with E-state index < -0.39 is 16.8 Å². The summed E-state index contributed by atoms with van der Waals surface area (Å²) in [5.74, 6) is -0.879. The van der Waals surface area contributed by atoms with E-state index in [2.05, 4.69) is 11.0 Å². The first-order chi connectivity index (χ1) is 12.0. The summed E-state index contributed by atoms with van der Waals surface area (Å²) in [6, 6.07) is 4.99. The Labute approximate surface area is 143 Å². The van der Waals surface area contributed by atoms with Crippen molar-refractivity contribution in [1.82, 2.24) is 11.0 Å². The van der Waals surface area contributed by atoms with Crippen molar-refractivity contribution < 1.29 is 24.1 Å². The summed E-state index contributed by atoms with van der Waals surface area (Å²) >= 11 is 0. The van der Waals surface area contributed by atoms with Gasteiger partial charge in [-0.05, 0) is 26.8 Å². The number of para-hydroxylation sites is 1. The molecule has 2 N–H and O–H groups in total. The van der Waals surface area contributed by atoms with E-state index in [1.54, 1.807) is 39.0 Å². The normalized spacial score (nSPS) is 18.9. The smallest absolute Gasteiger partial charge is 0.336 e. The maximum Gasteiger partial charge on any atom is 0.336 e. The fourth-order valence-corrected chi connectivity index (χ4v) is 3.06. The highest BCUT2D eigenvalue weighted by Gasteiger charge is 2.43. The molecule has 0 fully saturated rings. The van der Waals surface area contributed by atoms with Gasteiger partial charge in [0.2, 0.25) is 0 Å². The van der Waals surface area contributed by atoms with Gasteiger partial charge in [0.25, 0.3) is 5.70 Å². The molecular formula is C16H17N3O6. The van der Waals surface area contributed by atoms with Gasteiger partial charge in [0.05, 0.1) is 22.8 Å². The van der Waals surface area contributed by atoms with Crippen molar-refractivity contribution >= 4 is 5.97 Å². The molecule has 0 saturated carbocycles. The first-order valence-corrected chi connectivity index (χ1v) is 7.67. The number of carbonyl (C=O) groups is 1. The van der Waals surface area contributed by atoms with Gasteiger partial charge in [0.15, 0.2) is 11.5 Å². The van der Waals surface area contributed by atoms with Crippen molar-refractivity contribution in [1.29, 1.82) is 0 Å². The molecule has 132 valence electrons. The number of hydrogen-bond acceptors (Lipinski definition) is 8. The van der Waals surface area contributed by atoms with Crippen LogP contribution >= 0.6 is 0 Å². The van der Waals surface area contributed by atoms with Crippen LogP contribution < -0.4 is 20.6 Å². The molecule has 0 bridgehead atoms. The predicted octanol–water partition coefficient (Wildman–Crippen LogP) is 1.91. The molecule has 25 heavy (non-hydrogen) atoms. The average molecular weight is 347 g/mol. The Morgan fingerprint density at radius 2 is 2.08 bits per heavy atom. The van der Waals surface area contributed by atoms with Crippen molar-refractivity contribution in [2.24, 2.45) is 0 Å². The number of hydrogen-bond donors (Lipinski definition) is 2. The molecule has 0 amide bonds. The minimum absolute atomic E-state index is 0.141. The van der Waals surface area contributed by atoms with E-state index in [1.807, 2.05) is 0 Å². The first kappa shape index (κ1) is 16.8. The molecule has 9 heteroatoms. The molecule has 0 aliphatic carbocycles. The van der Waals surface area contributed by atoms with E-state index in [4.69, 9.17) is 14.4 Å². The summed E-state index contributed by atoms with van der Waals surface area (Å²) in [6.45, 7) is 5.11. The van der Waals surface area contributed by atoms with E-state index in [0.717, 1.165) is 0 Å². The van der Waals surface area contributed by atoms with E-state index in [9.17, 15) is 14.9 Å². The molecular weight excluding hydrogens is 330 g/mol. The number of ether oxygens (including phenoxy) is 1. The van der Waals surface area contributed by atoms with E-state index >= 15 is 0 Å². The van der Waals surface area contributed by atoms with Gasteiger partial charge in [0.1, 0.15) is 5.92 Å². The SMILES string of the molecule is CCOC(=O)C1=C(C)NC(C)=C([N+](=O)[O-])C1c1cccc2c1ONO2. The zero-order valence-electron chi connectivity index (χ0n) is 13.9. The standard InChI is InChI=1S/C16H17N3O6/c1-4-23-16(20)12-8(2)17-9(3)14(19(21)22)13(12)10-6-5-7-11-15(10)25-18-24-11/h5-7,13,17-18H,4H2,1-3H3. The zero-order valence-corrected chi connectivity index (χ0v) is 13.9. The maximum atomic E-state index is 12.5. The maximum absolute atomic E-state index is 12.5. The van der Waals surface area contributed by atoms with Crippen molar-refractivity contribution in [3.05, 3.63) is 56.5 Å². The number of carbonyl (C=O) groups excluding carboxylic acids is 1. The van der Waals surface area contributed by atoms with Crippen LogP contribution in [0.2, 0.25) is 0 Å². The summed E-state index contributed by atoms with van der Waals surface area (Å²) < 4.78 is 5.12. The fraction of sp³-hybridized carbons (Fsp3) is 0.312. The van der Waals surface area contributed by atoms with Gasteiger partial charge in [-0.1, -0.05) is 12.1 Å². The van der Waals surface area contributed by atoms with E-state index in [-0.39, 0.29) is 17.9 Å². The van der Waals surface area contributed by atoms with E-state index in [1.165, 1.54) is 0 Å². The Bertz CT molecular complexity index is 814. The second-order valence-corrected chi connectivity index (χ2v) is 5.55. The third kappa shape index (κ3) is 2.78. The molecule has 1 unspecified atom stereocenters. The molecule has 9 nitrogen and oxygen atoms in total. The van der Waals surface area contributed by atoms with Crippen LogP contribution in [-0.2, 0) is 9.53 Å². The highest BCUT2D eigenvalue weighted by molar-refractivity contribution is 5.92. The number of rotatable bonds is 4. The number of nitrogens with zero attached hydrogens (tertiary/aromatic N) is 1. The Morgan fingerprint density at radius 3 is 2.76 bits per heavy atom. The van der Waals surface area contributed by atoms with Gasteiger partial charge in [-0.15, -0.1) is 0 Å². The molecule has 2 aliphatic rings. The van der Waals surface area contributed by atoms with Gasteiger partial charge in [0, 0.05) is 16.9 Å². The number of nitro groups is 1. The Hall–Kier alpha value is -3.07. The number of esters is 1. The highest BCUT2D eigenvalue weighted by Crippen LogP contribution is 2.46. The highest BCUT2D eigenvalue weighted by atomic mass is 16.9. The zero-order chi connectivity index (χ0) is 18.1. The largest absolute Gasteiger partial charge is 0.463 e. The lowest BCUT2D eigenvalue weighted by molar-refractivity contribution is -0.431. The molecule has 0 saturated heterocycles. The molecule has 1 aromatic carbocycles. The predicted molar refractivity (Wildman–Crippen MR) is 85.7 cm³/mol. The molecule has 0 aromatic heterocycles. The topological polar surface area (TPSA) is 112 Å². The number of benzene rings is 1. The minimum Gasteiger partial charge on any atom is -0.463 e. The van der Waals surface area contributed by atoms with Crippen LogP contribution in [0, 0.1) is 10.1 Å². The van der Waals surface area contributed by atoms with Gasteiger partial charge < -0.3 is 19.7 Å². The molecule has 0 spiro atoms. The van der Waals surface area contributed by atoms with Gasteiger partial charge in [-0.3, -0.25) is 10.1 Å². The Morgan fingerprint density at radius 1 is 1.32 bits per heavy atom. The van der Waals surface area contributed by atoms with E-state index in [0.29, 0.717) is 28.5 Å². The van der Waals surface area contributed by atoms with Crippen LogP contribution in [0.4, 0.5) is 0 Å². The van der Waals surface area contributed by atoms with Crippen molar-refractivity contribution in [2.45, 2.75) is 26.7 Å². The van der Waals surface area contributed by atoms with Crippen LogP contribution in [0.5, 0.6) is 11.5 Å². The number of allylic oxidation sites excluding steroid dienone is 3. The molecule has 1 aromatic rings.